The summed E-state index contributed by atoms with van der Waals surface area (Å²) in [5, 5.41) is 6.78. The summed E-state index contributed by atoms with van der Waals surface area (Å²) in [4.78, 5) is 17.6. The van der Waals surface area contributed by atoms with Gasteiger partial charge in [-0.1, -0.05) is 54.6 Å². The highest BCUT2D eigenvalue weighted by atomic mass is 35.5. The van der Waals surface area contributed by atoms with Crippen LogP contribution in [0.4, 0.5) is 5.69 Å². The molecule has 1 fully saturated rings. The van der Waals surface area contributed by atoms with E-state index in [1.165, 1.54) is 26.9 Å². The third-order valence-corrected chi connectivity index (χ3v) is 7.80. The summed E-state index contributed by atoms with van der Waals surface area (Å²) >= 11 is 1.85. The summed E-state index contributed by atoms with van der Waals surface area (Å²) in [6.07, 6.45) is 2.11. The summed E-state index contributed by atoms with van der Waals surface area (Å²) in [7, 11) is 0. The van der Waals surface area contributed by atoms with E-state index in [2.05, 4.69) is 57.8 Å². The van der Waals surface area contributed by atoms with Crippen LogP contribution in [0.3, 0.4) is 0 Å². The van der Waals surface area contributed by atoms with E-state index in [1.807, 2.05) is 53.8 Å². The van der Waals surface area contributed by atoms with E-state index in [4.69, 9.17) is 0 Å². The molecule has 0 aliphatic carbocycles. The molecule has 1 aromatic heterocycles. The van der Waals surface area contributed by atoms with Gasteiger partial charge >= 0.3 is 0 Å². The van der Waals surface area contributed by atoms with Crippen LogP contribution in [0.1, 0.15) is 30.2 Å². The number of hydrogen-bond donors (Lipinski definition) is 1. The first-order valence-electron chi connectivity index (χ1n) is 12.6. The number of aryl methyl sites for hydroxylation is 1. The maximum Gasteiger partial charge on any atom is 0.251 e. The first kappa shape index (κ1) is 26.2. The molecule has 0 bridgehead atoms. The Morgan fingerprint density at radius 1 is 0.917 bits per heavy atom. The van der Waals surface area contributed by atoms with Crippen LogP contribution in [0.2, 0.25) is 0 Å². The molecule has 0 saturated carbocycles. The minimum Gasteiger partial charge on any atom is -0.368 e. The fourth-order valence-electron chi connectivity index (χ4n) is 4.79. The van der Waals surface area contributed by atoms with E-state index >= 15 is 0 Å². The lowest BCUT2D eigenvalue weighted by Crippen LogP contribution is -2.46. The molecule has 4 aromatic rings. The molecule has 4 nitrogen and oxygen atoms in total. The van der Waals surface area contributed by atoms with E-state index in [9.17, 15) is 4.79 Å². The quantitative estimate of drug-likeness (QED) is 0.257. The largest absolute Gasteiger partial charge is 0.368 e. The number of thiophene rings is 1. The molecular formula is C30H36ClN3OS. The number of benzene rings is 3. The van der Waals surface area contributed by atoms with Crippen molar-refractivity contribution in [2.75, 3.05) is 44.2 Å². The molecule has 6 heteroatoms. The van der Waals surface area contributed by atoms with Crippen molar-refractivity contribution in [1.29, 1.82) is 0 Å². The molecule has 0 unspecified atom stereocenters. The molecule has 1 N–H and O–H groups in total. The maximum absolute atomic E-state index is 12.5. The lowest BCUT2D eigenvalue weighted by Gasteiger charge is -2.35. The van der Waals surface area contributed by atoms with Crippen molar-refractivity contribution >= 4 is 45.4 Å². The predicted molar refractivity (Wildman–Crippen MR) is 158 cm³/mol. The summed E-state index contributed by atoms with van der Waals surface area (Å²) < 4.78 is 1.39. The van der Waals surface area contributed by atoms with Crippen molar-refractivity contribution < 1.29 is 6.22 Å². The highest BCUT2D eigenvalue weighted by Gasteiger charge is 2.19. The summed E-state index contributed by atoms with van der Waals surface area (Å²) in [5.41, 5.74) is 5.73. The van der Waals surface area contributed by atoms with Gasteiger partial charge in [-0.15, -0.1) is 23.7 Å². The number of nitrogens with zero attached hydrogens (tertiary/aromatic N) is 2. The lowest BCUT2D eigenvalue weighted by molar-refractivity contribution is 0.0952. The molecule has 0 spiro atoms. The molecule has 1 aliphatic heterocycles. The molecule has 0 atom stereocenters. The molecular weight excluding hydrogens is 486 g/mol. The van der Waals surface area contributed by atoms with Crippen LogP contribution in [-0.4, -0.2) is 50.1 Å². The number of rotatable bonds is 8. The standard InChI is InChI=1S/C30H33N3OS.ClH.H2/c1-23-9-14-27-28(22-35-29(27)21-23)33-19-17-32(18-20-33)16-6-5-15-31-30(34)26-12-10-25(11-13-26)24-7-3-2-4-8-24;;/h2-4,7-14,21-22H,5-6,15-20H2,1H3,(H,31,34);2*1H. The third kappa shape index (κ3) is 6.28. The van der Waals surface area contributed by atoms with Crippen LogP contribution in [0.5, 0.6) is 0 Å². The molecule has 36 heavy (non-hydrogen) atoms. The fourth-order valence-corrected chi connectivity index (χ4v) is 5.86. The van der Waals surface area contributed by atoms with E-state index in [-0.39, 0.29) is 19.7 Å². The zero-order chi connectivity index (χ0) is 24.0. The van der Waals surface area contributed by atoms with Crippen molar-refractivity contribution in [1.82, 2.24) is 10.2 Å². The Balaban J connectivity index is 0.00000190. The van der Waals surface area contributed by atoms with E-state index in [0.29, 0.717) is 0 Å². The topological polar surface area (TPSA) is 35.6 Å². The van der Waals surface area contributed by atoms with Crippen LogP contribution < -0.4 is 10.2 Å². The number of hydrogen-bond acceptors (Lipinski definition) is 4. The molecule has 1 amide bonds. The number of piperazine rings is 1. The molecule has 3 aromatic carbocycles. The number of unbranched alkanes of at least 4 members (excludes halogenated alkanes) is 1. The van der Waals surface area contributed by atoms with Crippen LogP contribution >= 0.6 is 23.7 Å². The van der Waals surface area contributed by atoms with Gasteiger partial charge in [-0.25, -0.2) is 0 Å². The maximum atomic E-state index is 12.5. The number of amides is 1. The number of halogens is 1. The Morgan fingerprint density at radius 2 is 1.64 bits per heavy atom. The highest BCUT2D eigenvalue weighted by molar-refractivity contribution is 7.17. The third-order valence-electron chi connectivity index (χ3n) is 6.86. The van der Waals surface area contributed by atoms with Gasteiger partial charge < -0.3 is 10.2 Å². The van der Waals surface area contributed by atoms with Crippen LogP contribution in [-0.2, 0) is 0 Å². The molecule has 190 valence electrons. The van der Waals surface area contributed by atoms with Gasteiger partial charge in [-0.2, -0.15) is 0 Å². The molecule has 1 aliphatic rings. The van der Waals surface area contributed by atoms with Crippen LogP contribution in [0, 0.1) is 6.92 Å². The molecule has 1 saturated heterocycles. The Kier molecular flexibility index (Phi) is 9.03. The van der Waals surface area contributed by atoms with Gasteiger partial charge in [-0.3, -0.25) is 9.69 Å². The van der Waals surface area contributed by atoms with Crippen molar-refractivity contribution in [2.24, 2.45) is 0 Å². The minimum absolute atomic E-state index is 0. The first-order valence-corrected chi connectivity index (χ1v) is 13.4. The molecule has 2 heterocycles. The second-order valence-corrected chi connectivity index (χ2v) is 10.3. The number of fused-ring (bicyclic) bond motifs is 1. The number of anilines is 1. The van der Waals surface area contributed by atoms with Crippen molar-refractivity contribution in [3.8, 4) is 11.1 Å². The summed E-state index contributed by atoms with van der Waals surface area (Å²) in [6, 6.07) is 24.9. The second-order valence-electron chi connectivity index (χ2n) is 9.36. The van der Waals surface area contributed by atoms with Gasteiger partial charge in [0, 0.05) is 55.2 Å². The zero-order valence-corrected chi connectivity index (χ0v) is 22.4. The highest BCUT2D eigenvalue weighted by Crippen LogP contribution is 2.34. The SMILES string of the molecule is Cc1ccc2c(N3CCN(CCCCNC(=O)c4ccc(-c5ccccc5)cc4)CC3)csc2c1.Cl.[HH]. The number of carbonyl (C=O) groups is 1. The van der Waals surface area contributed by atoms with Gasteiger partial charge in [0.05, 0.1) is 5.69 Å². The van der Waals surface area contributed by atoms with Gasteiger partial charge in [0.1, 0.15) is 0 Å². The first-order chi connectivity index (χ1) is 17.2. The zero-order valence-electron chi connectivity index (χ0n) is 20.8. The van der Waals surface area contributed by atoms with Gasteiger partial charge in [0.2, 0.25) is 0 Å². The van der Waals surface area contributed by atoms with Gasteiger partial charge in [0.25, 0.3) is 5.91 Å². The molecule has 0 radical (unpaired) electrons. The number of nitrogens with one attached hydrogen (secondary N) is 1. The fraction of sp³-hybridized carbons (Fsp3) is 0.300. The Bertz CT molecular complexity index is 1270. The average Bonchev–Trinajstić information content (AvgIpc) is 3.32. The summed E-state index contributed by atoms with van der Waals surface area (Å²) in [6.45, 7) is 8.34. The van der Waals surface area contributed by atoms with Crippen LogP contribution in [0.15, 0.2) is 78.2 Å². The second kappa shape index (κ2) is 12.4. The van der Waals surface area contributed by atoms with Gasteiger partial charge in [0.15, 0.2) is 0 Å². The van der Waals surface area contributed by atoms with Crippen molar-refractivity contribution in [3.63, 3.8) is 0 Å². The smallest absolute Gasteiger partial charge is 0.251 e. The Morgan fingerprint density at radius 3 is 2.39 bits per heavy atom. The van der Waals surface area contributed by atoms with E-state index in [0.717, 1.165) is 63.2 Å². The van der Waals surface area contributed by atoms with Crippen molar-refractivity contribution in [2.45, 2.75) is 19.8 Å². The monoisotopic (exact) mass is 521 g/mol. The van der Waals surface area contributed by atoms with Crippen LogP contribution in [0.25, 0.3) is 21.2 Å². The summed E-state index contributed by atoms with van der Waals surface area (Å²) in [5.74, 6) is 0.0106. The average molecular weight is 522 g/mol. The molecule has 5 rings (SSSR count). The Labute approximate surface area is 225 Å². The van der Waals surface area contributed by atoms with Gasteiger partial charge in [-0.05, 0) is 61.2 Å². The van der Waals surface area contributed by atoms with Crippen molar-refractivity contribution in [3.05, 3.63) is 89.3 Å². The van der Waals surface area contributed by atoms with E-state index < -0.39 is 0 Å². The number of carbonyl (C=O) groups excluding carboxylic acids is 1. The lowest BCUT2D eigenvalue weighted by atomic mass is 10.0. The van der Waals surface area contributed by atoms with E-state index in [1.54, 1.807) is 0 Å². The predicted octanol–water partition coefficient (Wildman–Crippen LogP) is 6.88. The Hall–Kier alpha value is -2.86. The normalized spacial score (nSPS) is 14.0. The minimum atomic E-state index is 0.